The molecule has 35 heteroatoms. The third kappa shape index (κ3) is 31.1. The molecule has 0 heterocycles. The number of nitrogens with one attached hydrogen (secondary N) is 9. The van der Waals surface area contributed by atoms with Gasteiger partial charge < -0.3 is 115 Å². The van der Waals surface area contributed by atoms with Crippen molar-refractivity contribution in [3.63, 3.8) is 0 Å². The zero-order valence-corrected chi connectivity index (χ0v) is 52.2. The lowest BCUT2D eigenvalue weighted by molar-refractivity contribution is -0.142. The first-order valence-corrected chi connectivity index (χ1v) is 29.6. The molecule has 35 nitrogen and oxygen atoms in total. The number of aromatic hydroxyl groups is 1. The first-order chi connectivity index (χ1) is 42.3. The van der Waals surface area contributed by atoms with Crippen molar-refractivity contribution in [2.75, 3.05) is 39.3 Å². The number of carboxylic acid groups (broad SMARTS) is 1. The van der Waals surface area contributed by atoms with Crippen LogP contribution in [0.1, 0.15) is 111 Å². The second-order valence-electron chi connectivity index (χ2n) is 21.8. The van der Waals surface area contributed by atoms with E-state index in [9.17, 15) is 63.3 Å². The molecule has 1 aromatic rings. The molecule has 0 saturated carbocycles. The molecule has 0 spiro atoms. The lowest BCUT2D eigenvalue weighted by Crippen LogP contribution is -2.61. The predicted octanol–water partition coefficient (Wildman–Crippen LogP) is -6.70. The molecule has 0 aliphatic rings. The maximum atomic E-state index is 14.5. The second kappa shape index (κ2) is 41.8. The van der Waals surface area contributed by atoms with Crippen molar-refractivity contribution in [3.8, 4) is 5.75 Å². The highest BCUT2D eigenvalue weighted by Gasteiger charge is 2.37. The number of hydrogen-bond donors (Lipinski definition) is 21. The minimum absolute atomic E-state index is 0.000241. The van der Waals surface area contributed by atoms with Gasteiger partial charge in [-0.3, -0.25) is 63.1 Å². The molecule has 0 fully saturated rings. The number of carboxylic acids is 1. The van der Waals surface area contributed by atoms with E-state index in [0.29, 0.717) is 18.4 Å². The Morgan fingerprint density at radius 3 is 1.17 bits per heavy atom. The standard InChI is InChI=1S/C55H98N22O13/c1-7-29(5)41(77-46(84)36(15-11-23-67-54(61)62)73-50(88)42(30(6)8-2)76-45(83)35(14-10-22-66-53(59)60)71-43(81)33(56)27-78)49(87)72-34(13-9-21-65-52(57)58)44(82)69-26-39(80)70-38(25-31-17-19-32(79)20-18-31)47(85)75-40(28(3)4)48(86)74-37(51(89)90)16-12-24-68-55(63)64/h17-20,28-30,33-38,40-42,78-79H,7-16,21-27,56H2,1-6H3,(H,69,82)(H,70,80)(H,71,81)(H,72,87)(H,73,88)(H,74,86)(H,75,85)(H,76,83)(H,77,84)(H,89,90)(H4,57,58,65)(H4,59,60,66)(H4,61,62,67)(H4,63,64,68)/t29-,30-,33-,34-,35-,36-,37-,38-,40-,41-,42-/m0/s1. The Balaban J connectivity index is 3.60. The number of carbonyl (C=O) groups is 10. The van der Waals surface area contributed by atoms with E-state index in [1.807, 2.05) is 0 Å². The molecule has 9 amide bonds. The number of guanidine groups is 4. The van der Waals surface area contributed by atoms with Crippen molar-refractivity contribution in [2.24, 2.45) is 89.3 Å². The van der Waals surface area contributed by atoms with Gasteiger partial charge in [0.2, 0.25) is 53.2 Å². The van der Waals surface area contributed by atoms with E-state index in [0.717, 1.165) is 0 Å². The minimum Gasteiger partial charge on any atom is -0.508 e. The zero-order chi connectivity index (χ0) is 68.2. The number of phenols is 1. The van der Waals surface area contributed by atoms with E-state index >= 15 is 0 Å². The molecule has 1 rings (SSSR count). The molecule has 30 N–H and O–H groups in total. The summed E-state index contributed by atoms with van der Waals surface area (Å²) >= 11 is 0. The Bertz CT molecular complexity index is 2630. The first-order valence-electron chi connectivity index (χ1n) is 29.6. The Hall–Kier alpha value is -9.28. The maximum Gasteiger partial charge on any atom is 0.326 e. The number of aliphatic hydroxyl groups is 1. The lowest BCUT2D eigenvalue weighted by atomic mass is 9.95. The summed E-state index contributed by atoms with van der Waals surface area (Å²) < 4.78 is 0. The Morgan fingerprint density at radius 2 is 0.800 bits per heavy atom. The summed E-state index contributed by atoms with van der Waals surface area (Å²) in [6.45, 7) is 8.68. The van der Waals surface area contributed by atoms with Crippen LogP contribution in [0.25, 0.3) is 0 Å². The quantitative estimate of drug-likeness (QED) is 0.0164. The van der Waals surface area contributed by atoms with Gasteiger partial charge in [0.1, 0.15) is 60.1 Å². The van der Waals surface area contributed by atoms with Crippen molar-refractivity contribution >= 4 is 83.0 Å². The minimum atomic E-state index is -1.43. The molecule has 0 saturated heterocycles. The van der Waals surface area contributed by atoms with E-state index in [2.05, 4.69) is 67.8 Å². The van der Waals surface area contributed by atoms with Gasteiger partial charge in [0.25, 0.3) is 0 Å². The predicted molar refractivity (Wildman–Crippen MR) is 336 cm³/mol. The molecule has 0 bridgehead atoms. The summed E-state index contributed by atoms with van der Waals surface area (Å²) in [7, 11) is 0. The van der Waals surface area contributed by atoms with Crippen LogP contribution < -0.4 is 99.5 Å². The van der Waals surface area contributed by atoms with Gasteiger partial charge >= 0.3 is 5.97 Å². The van der Waals surface area contributed by atoms with E-state index in [-0.39, 0.29) is 114 Å². The summed E-state index contributed by atoms with van der Waals surface area (Å²) in [6, 6.07) is -6.63. The van der Waals surface area contributed by atoms with Gasteiger partial charge in [0, 0.05) is 32.6 Å². The van der Waals surface area contributed by atoms with Crippen molar-refractivity contribution in [1.29, 1.82) is 0 Å². The van der Waals surface area contributed by atoms with Crippen LogP contribution >= 0.6 is 0 Å². The highest BCUT2D eigenvalue weighted by Crippen LogP contribution is 2.16. The number of nitrogens with two attached hydrogens (primary N) is 9. The number of amides is 9. The molecule has 11 atom stereocenters. The van der Waals surface area contributed by atoms with Crippen LogP contribution in [0, 0.1) is 17.8 Å². The SMILES string of the molecule is CC[C@H](C)[C@H](NC(=O)[C@H](CCCN=C(N)N)NC(=O)[C@@H](NC(=O)[C@H](CCCN=C(N)N)NC(=O)[C@@H](N)CO)[C@@H](C)CC)C(=O)N[C@@H](CCCN=C(N)N)C(=O)NCC(=O)N[C@@H](Cc1ccc(O)cc1)C(=O)N[C@H](C(=O)N[C@@H](CCCN=C(N)N)C(=O)O)C(C)C. The van der Waals surface area contributed by atoms with Crippen molar-refractivity contribution in [1.82, 2.24) is 47.9 Å². The third-order valence-corrected chi connectivity index (χ3v) is 14.1. The number of aliphatic imine (C=N–C) groups is 4. The van der Waals surface area contributed by atoms with Gasteiger partial charge in [0.15, 0.2) is 23.8 Å². The van der Waals surface area contributed by atoms with Crippen LogP contribution in [0.2, 0.25) is 0 Å². The Morgan fingerprint density at radius 1 is 0.456 bits per heavy atom. The molecule has 90 heavy (non-hydrogen) atoms. The van der Waals surface area contributed by atoms with E-state index in [1.165, 1.54) is 24.3 Å². The Labute approximate surface area is 523 Å². The van der Waals surface area contributed by atoms with Crippen molar-refractivity contribution < 1.29 is 63.3 Å². The van der Waals surface area contributed by atoms with Crippen LogP contribution in [0.4, 0.5) is 0 Å². The average molecular weight is 1280 g/mol. The molecule has 0 unspecified atom stereocenters. The second-order valence-corrected chi connectivity index (χ2v) is 21.8. The highest BCUT2D eigenvalue weighted by atomic mass is 16.4. The normalized spacial score (nSPS) is 14.6. The summed E-state index contributed by atoms with van der Waals surface area (Å²) in [5, 5.41) is 52.6. The van der Waals surface area contributed by atoms with Crippen LogP contribution in [0.15, 0.2) is 44.2 Å². The van der Waals surface area contributed by atoms with E-state index in [4.69, 9.17) is 51.6 Å². The first kappa shape index (κ1) is 78.7. The average Bonchev–Trinajstić information content (AvgIpc) is 1.99. The molecule has 1 aromatic carbocycles. The highest BCUT2D eigenvalue weighted by molar-refractivity contribution is 5.98. The molecule has 506 valence electrons. The summed E-state index contributed by atoms with van der Waals surface area (Å²) in [4.78, 5) is 153. The summed E-state index contributed by atoms with van der Waals surface area (Å²) in [5.41, 5.74) is 49.9. The van der Waals surface area contributed by atoms with Crippen LogP contribution in [-0.4, -0.2) is 192 Å². The number of aliphatic carboxylic acids is 1. The Kier molecular flexibility index (Phi) is 36.6. The summed E-state index contributed by atoms with van der Waals surface area (Å²) in [5.74, 6) is -11.9. The zero-order valence-electron chi connectivity index (χ0n) is 52.2. The van der Waals surface area contributed by atoms with Gasteiger partial charge in [-0.1, -0.05) is 66.5 Å². The van der Waals surface area contributed by atoms with Gasteiger partial charge in [-0.2, -0.15) is 0 Å². The molecule has 0 aliphatic carbocycles. The summed E-state index contributed by atoms with van der Waals surface area (Å²) in [6.07, 6.45) is 0.731. The lowest BCUT2D eigenvalue weighted by Gasteiger charge is -2.30. The fourth-order valence-corrected chi connectivity index (χ4v) is 8.54. The van der Waals surface area contributed by atoms with Crippen LogP contribution in [-0.2, 0) is 54.4 Å². The molecule has 0 aliphatic heterocycles. The fraction of sp³-hybridized carbons (Fsp3) is 0.636. The molecule has 0 aromatic heterocycles. The van der Waals surface area contributed by atoms with E-state index in [1.54, 1.807) is 41.5 Å². The van der Waals surface area contributed by atoms with Gasteiger partial charge in [-0.15, -0.1) is 0 Å². The fourth-order valence-electron chi connectivity index (χ4n) is 8.54. The third-order valence-electron chi connectivity index (χ3n) is 14.1. The van der Waals surface area contributed by atoms with Gasteiger partial charge in [0.05, 0.1) is 13.2 Å². The molecule has 0 radical (unpaired) electrons. The van der Waals surface area contributed by atoms with Crippen molar-refractivity contribution in [2.45, 2.75) is 167 Å². The number of nitrogens with zero attached hydrogens (tertiary/aromatic N) is 4. The molecular formula is C55H98N22O13. The van der Waals surface area contributed by atoms with Crippen molar-refractivity contribution in [3.05, 3.63) is 29.8 Å². The number of rotatable bonds is 43. The van der Waals surface area contributed by atoms with E-state index < -0.39 is 144 Å². The topological polar surface area (TPSA) is 623 Å². The van der Waals surface area contributed by atoms with Gasteiger partial charge in [-0.25, -0.2) is 4.79 Å². The van der Waals surface area contributed by atoms with Gasteiger partial charge in [-0.05, 0) is 86.8 Å². The number of benzene rings is 1. The van der Waals surface area contributed by atoms with Crippen LogP contribution in [0.5, 0.6) is 5.75 Å². The number of phenolic OH excluding ortho intramolecular Hbond substituents is 1. The largest absolute Gasteiger partial charge is 0.508 e. The smallest absolute Gasteiger partial charge is 0.326 e. The molecular weight excluding hydrogens is 1180 g/mol. The van der Waals surface area contributed by atoms with Crippen LogP contribution in [0.3, 0.4) is 0 Å². The number of hydrogen-bond acceptors (Lipinski definition) is 17. The monoisotopic (exact) mass is 1270 g/mol. The number of carbonyl (C=O) groups excluding carboxylic acids is 9. The number of aliphatic hydroxyl groups excluding tert-OH is 1. The maximum absolute atomic E-state index is 14.5.